The Morgan fingerprint density at radius 3 is 2.79 bits per heavy atom. The predicted molar refractivity (Wildman–Crippen MR) is 137 cm³/mol. The summed E-state index contributed by atoms with van der Waals surface area (Å²) in [5, 5.41) is 24.0. The zero-order valence-electron chi connectivity index (χ0n) is 21.6. The summed E-state index contributed by atoms with van der Waals surface area (Å²) in [6, 6.07) is 2.61. The third kappa shape index (κ3) is 6.66. The van der Waals surface area contributed by atoms with Crippen molar-refractivity contribution >= 4 is 38.5 Å². The lowest BCUT2D eigenvalue weighted by Crippen LogP contribution is -2.41. The maximum absolute atomic E-state index is 12.4. The highest BCUT2D eigenvalue weighted by Gasteiger charge is 2.46. The number of nitrogen functional groups attached to an aromatic ring is 1. The molecule has 1 amide bonds. The lowest BCUT2D eigenvalue weighted by atomic mass is 10.1. The number of hydrogen-bond donors (Lipinski definition) is 6. The first-order valence-electron chi connectivity index (χ1n) is 12.5. The van der Waals surface area contributed by atoms with Gasteiger partial charge in [-0.1, -0.05) is 0 Å². The number of fused-ring (bicyclic) bond motifs is 1. The van der Waals surface area contributed by atoms with Crippen LogP contribution >= 0.6 is 15.6 Å². The van der Waals surface area contributed by atoms with Crippen molar-refractivity contribution in [2.75, 3.05) is 25.5 Å². The standard InChI is InChI=1S/C21H28N8O11P2/c22-18-15-20(26-9-25-18)29(10-27-15)21-17(31)16(30)14(39-21)8-38-42(35,36)40-41(33,34)37-7-12-4-13(5-24-12)28-3-1-2-11(6-28)19(23)32/h1-3,6,9-10,12-14,16-17,21,24,30-31H,4-5,7-8H2,(H5-,22,23,25,26,32,33,34,35,36)/t12-,13-,14+,16+,17+,21+/m0/s1. The van der Waals surface area contributed by atoms with Crippen LogP contribution in [0, 0.1) is 0 Å². The molecule has 2 saturated heterocycles. The molecular weight excluding hydrogens is 602 g/mol. The summed E-state index contributed by atoms with van der Waals surface area (Å²) in [5.41, 5.74) is 11.8. The summed E-state index contributed by atoms with van der Waals surface area (Å²) in [6.45, 7) is -0.823. The number of phosphoric acid groups is 2. The lowest BCUT2D eigenvalue weighted by molar-refractivity contribution is -0.719. The molecule has 2 aliphatic heterocycles. The van der Waals surface area contributed by atoms with Gasteiger partial charge in [0.1, 0.15) is 35.7 Å². The minimum atomic E-state index is -5.34. The molecule has 228 valence electrons. The summed E-state index contributed by atoms with van der Waals surface area (Å²) in [6.07, 6.45) is 0.381. The fraction of sp³-hybridized carbons (Fsp3) is 0.476. The number of aliphatic hydroxyl groups is 2. The minimum Gasteiger partial charge on any atom is -0.756 e. The number of ether oxygens (including phenoxy) is 1. The summed E-state index contributed by atoms with van der Waals surface area (Å²) < 4.78 is 47.1. The fourth-order valence-corrected chi connectivity index (χ4v) is 6.78. The molecule has 3 aromatic heterocycles. The van der Waals surface area contributed by atoms with E-state index >= 15 is 0 Å². The van der Waals surface area contributed by atoms with Crippen LogP contribution in [0.1, 0.15) is 29.0 Å². The third-order valence-corrected chi connectivity index (χ3v) is 9.33. The molecule has 0 spiro atoms. The third-order valence-electron chi connectivity index (χ3n) is 6.76. The molecule has 0 aromatic carbocycles. The number of carbonyl (C=O) groups is 1. The first-order valence-corrected chi connectivity index (χ1v) is 15.4. The SMILES string of the molecule is NC(=O)c1ccc[n+]([C@@H]2CN[C@H](COP(=O)([O-])OP(=O)(O)OC[C@H]3O[C@@H](n4cnc5c(N)ncnc54)[C@H](O)[C@@H]3O)C2)c1. The molecule has 42 heavy (non-hydrogen) atoms. The number of aromatic nitrogens is 5. The van der Waals surface area contributed by atoms with E-state index in [0.29, 0.717) is 18.5 Å². The summed E-state index contributed by atoms with van der Waals surface area (Å²) >= 11 is 0. The van der Waals surface area contributed by atoms with Crippen LogP contribution in [0.25, 0.3) is 11.2 Å². The number of phosphoric ester groups is 2. The summed E-state index contributed by atoms with van der Waals surface area (Å²) in [7, 11) is -10.6. The molecule has 8 atom stereocenters. The van der Waals surface area contributed by atoms with Gasteiger partial charge in [-0.3, -0.25) is 18.5 Å². The minimum absolute atomic E-state index is 0.0757. The number of nitrogens with two attached hydrogens (primary N) is 2. The number of imidazole rings is 1. The van der Waals surface area contributed by atoms with Crippen LogP contribution in [0.5, 0.6) is 0 Å². The van der Waals surface area contributed by atoms with Gasteiger partial charge in [0.2, 0.25) is 0 Å². The molecule has 0 aliphatic carbocycles. The van der Waals surface area contributed by atoms with Gasteiger partial charge >= 0.3 is 7.82 Å². The van der Waals surface area contributed by atoms with Gasteiger partial charge in [0, 0.05) is 18.5 Å². The number of hydrogen-bond acceptors (Lipinski definition) is 15. The topological polar surface area (TPSA) is 283 Å². The van der Waals surface area contributed by atoms with Crippen molar-refractivity contribution in [3.8, 4) is 0 Å². The van der Waals surface area contributed by atoms with Gasteiger partial charge in [0.25, 0.3) is 13.7 Å². The van der Waals surface area contributed by atoms with E-state index in [2.05, 4.69) is 24.6 Å². The molecule has 0 bridgehead atoms. The number of carbonyl (C=O) groups excluding carboxylic acids is 1. The van der Waals surface area contributed by atoms with E-state index in [9.17, 15) is 33.9 Å². The molecule has 0 radical (unpaired) electrons. The highest BCUT2D eigenvalue weighted by atomic mass is 31.3. The first-order chi connectivity index (χ1) is 19.8. The number of rotatable bonds is 11. The normalized spacial score (nSPS) is 29.0. The van der Waals surface area contributed by atoms with Crippen molar-refractivity contribution in [3.63, 3.8) is 0 Å². The zero-order chi connectivity index (χ0) is 30.2. The Morgan fingerprint density at radius 1 is 1.24 bits per heavy atom. The van der Waals surface area contributed by atoms with E-state index in [1.807, 2.05) is 0 Å². The van der Waals surface area contributed by atoms with Crippen molar-refractivity contribution in [2.24, 2.45) is 5.73 Å². The Kier molecular flexibility index (Phi) is 8.71. The van der Waals surface area contributed by atoms with Crippen molar-refractivity contribution in [3.05, 3.63) is 42.7 Å². The average molecular weight is 630 g/mol. The van der Waals surface area contributed by atoms with Crippen molar-refractivity contribution < 1.29 is 56.6 Å². The molecule has 2 fully saturated rings. The smallest absolute Gasteiger partial charge is 0.478 e. The second-order valence-electron chi connectivity index (χ2n) is 9.62. The number of amides is 1. The molecule has 8 N–H and O–H groups in total. The Labute approximate surface area is 237 Å². The molecule has 19 nitrogen and oxygen atoms in total. The van der Waals surface area contributed by atoms with E-state index in [1.165, 1.54) is 17.2 Å². The van der Waals surface area contributed by atoms with Gasteiger partial charge in [-0.2, -0.15) is 0 Å². The van der Waals surface area contributed by atoms with Crippen LogP contribution in [-0.2, 0) is 27.2 Å². The molecule has 0 saturated carbocycles. The van der Waals surface area contributed by atoms with Gasteiger partial charge in [-0.25, -0.2) is 28.4 Å². The Balaban J connectivity index is 1.12. The van der Waals surface area contributed by atoms with Crippen molar-refractivity contribution in [1.29, 1.82) is 0 Å². The molecule has 5 rings (SSSR count). The number of nitrogens with one attached hydrogen (secondary N) is 1. The molecule has 21 heteroatoms. The Hall–Kier alpha value is -2.93. The number of nitrogens with zero attached hydrogens (tertiary/aromatic N) is 5. The molecule has 3 aromatic rings. The second kappa shape index (κ2) is 12.0. The molecule has 5 heterocycles. The van der Waals surface area contributed by atoms with E-state index in [1.54, 1.807) is 29.1 Å². The number of anilines is 1. The van der Waals surface area contributed by atoms with E-state index in [-0.39, 0.29) is 23.0 Å². The molecular formula is C21H28N8O11P2. The van der Waals surface area contributed by atoms with Crippen LogP contribution in [0.15, 0.2) is 37.2 Å². The van der Waals surface area contributed by atoms with Crippen molar-refractivity contribution in [1.82, 2.24) is 24.8 Å². The second-order valence-corrected chi connectivity index (χ2v) is 12.6. The predicted octanol–water partition coefficient (Wildman–Crippen LogP) is -2.36. The molecule has 2 aliphatic rings. The van der Waals surface area contributed by atoms with Crippen molar-refractivity contribution in [2.45, 2.75) is 43.0 Å². The Bertz CT molecular complexity index is 1560. The van der Waals surface area contributed by atoms with E-state index in [4.69, 9.17) is 25.3 Å². The van der Waals surface area contributed by atoms with Crippen LogP contribution in [-0.4, -0.2) is 84.6 Å². The van der Waals surface area contributed by atoms with Gasteiger partial charge in [-0.05, 0) is 6.07 Å². The first kappa shape index (κ1) is 30.5. The fourth-order valence-electron chi connectivity index (χ4n) is 4.69. The van der Waals surface area contributed by atoms with Gasteiger partial charge in [0.15, 0.2) is 36.1 Å². The van der Waals surface area contributed by atoms with Crippen LogP contribution < -0.4 is 26.2 Å². The molecule has 2 unspecified atom stereocenters. The Morgan fingerprint density at radius 2 is 2.02 bits per heavy atom. The van der Waals surface area contributed by atoms with Gasteiger partial charge in [0.05, 0.1) is 26.1 Å². The van der Waals surface area contributed by atoms with Gasteiger partial charge < -0.3 is 46.0 Å². The highest BCUT2D eigenvalue weighted by molar-refractivity contribution is 7.60. The number of aliphatic hydroxyl groups excluding tert-OH is 2. The quantitative estimate of drug-likeness (QED) is 0.0954. The monoisotopic (exact) mass is 630 g/mol. The number of pyridine rings is 1. The maximum Gasteiger partial charge on any atom is 0.478 e. The number of primary amides is 1. The van der Waals surface area contributed by atoms with E-state index < -0.39 is 65.3 Å². The van der Waals surface area contributed by atoms with E-state index in [0.717, 1.165) is 0 Å². The largest absolute Gasteiger partial charge is 0.756 e. The average Bonchev–Trinajstić information content (AvgIpc) is 3.65. The van der Waals surface area contributed by atoms with Gasteiger partial charge in [-0.15, -0.1) is 0 Å². The summed E-state index contributed by atoms with van der Waals surface area (Å²) in [4.78, 5) is 45.6. The maximum atomic E-state index is 12.4. The zero-order valence-corrected chi connectivity index (χ0v) is 23.4. The summed E-state index contributed by atoms with van der Waals surface area (Å²) in [5.74, 6) is -0.514. The van der Waals surface area contributed by atoms with Crippen LogP contribution in [0.4, 0.5) is 5.82 Å². The van der Waals surface area contributed by atoms with Crippen LogP contribution in [0.2, 0.25) is 0 Å². The lowest BCUT2D eigenvalue weighted by Gasteiger charge is -2.26. The highest BCUT2D eigenvalue weighted by Crippen LogP contribution is 2.58. The van der Waals surface area contributed by atoms with Crippen LogP contribution in [0.3, 0.4) is 0 Å².